The average molecular weight is 439 g/mol. The second-order valence-corrected chi connectivity index (χ2v) is 8.48. The number of benzene rings is 1. The first-order valence-corrected chi connectivity index (χ1v) is 11.2. The number of nitrogens with one attached hydrogen (secondary N) is 1. The Hall–Kier alpha value is -3.13. The third-order valence-electron chi connectivity index (χ3n) is 5.38. The van der Waals surface area contributed by atoms with Crippen molar-refractivity contribution in [2.45, 2.75) is 44.2 Å². The van der Waals surface area contributed by atoms with Crippen LogP contribution in [0.25, 0.3) is 0 Å². The summed E-state index contributed by atoms with van der Waals surface area (Å²) >= 11 is 1.40. The molecule has 0 bridgehead atoms. The number of hydrogen-bond acceptors (Lipinski definition) is 5. The smallest absolute Gasteiger partial charge is 0.279 e. The summed E-state index contributed by atoms with van der Waals surface area (Å²) in [7, 11) is 0. The number of hydrogen-bond donors (Lipinski definition) is 1. The Morgan fingerprint density at radius 3 is 2.52 bits per heavy atom. The lowest BCUT2D eigenvalue weighted by molar-refractivity contribution is -0.123. The molecule has 1 aliphatic carbocycles. The molecule has 1 atom stereocenters. The van der Waals surface area contributed by atoms with E-state index in [4.69, 9.17) is 0 Å². The highest BCUT2D eigenvalue weighted by atomic mass is 32.1. The zero-order valence-corrected chi connectivity index (χ0v) is 17.7. The lowest BCUT2D eigenvalue weighted by Gasteiger charge is -2.32. The fourth-order valence-electron chi connectivity index (χ4n) is 3.87. The molecule has 1 unspecified atom stereocenters. The molecule has 8 heteroatoms. The van der Waals surface area contributed by atoms with Gasteiger partial charge in [-0.2, -0.15) is 0 Å². The average Bonchev–Trinajstić information content (AvgIpc) is 3.33. The van der Waals surface area contributed by atoms with Crippen LogP contribution in [0, 0.1) is 5.82 Å². The third kappa shape index (κ3) is 4.96. The second-order valence-electron chi connectivity index (χ2n) is 7.50. The van der Waals surface area contributed by atoms with Crippen LogP contribution in [0.1, 0.15) is 53.5 Å². The van der Waals surface area contributed by atoms with Crippen LogP contribution in [-0.4, -0.2) is 27.8 Å². The molecule has 1 saturated carbocycles. The predicted octanol–water partition coefficient (Wildman–Crippen LogP) is 4.51. The number of carbonyl (C=O) groups is 2. The monoisotopic (exact) mass is 438 g/mol. The van der Waals surface area contributed by atoms with E-state index in [0.29, 0.717) is 5.69 Å². The van der Waals surface area contributed by atoms with E-state index in [-0.39, 0.29) is 17.6 Å². The molecule has 0 aliphatic heterocycles. The number of carbonyl (C=O) groups excluding carboxylic acids is 2. The summed E-state index contributed by atoms with van der Waals surface area (Å²) in [6.45, 7) is 0. The molecule has 0 spiro atoms. The van der Waals surface area contributed by atoms with Gasteiger partial charge in [0, 0.05) is 29.0 Å². The van der Waals surface area contributed by atoms with Gasteiger partial charge < -0.3 is 5.32 Å². The van der Waals surface area contributed by atoms with Crippen LogP contribution >= 0.6 is 11.3 Å². The van der Waals surface area contributed by atoms with Gasteiger partial charge in [0.2, 0.25) is 5.91 Å². The molecule has 160 valence electrons. The molecule has 3 aromatic rings. The Labute approximate surface area is 184 Å². The van der Waals surface area contributed by atoms with Gasteiger partial charge in [0.15, 0.2) is 6.04 Å². The normalized spacial score (nSPS) is 15.3. The number of rotatable bonds is 6. The molecule has 1 N–H and O–H groups in total. The third-order valence-corrected chi connectivity index (χ3v) is 6.30. The van der Waals surface area contributed by atoms with Crippen molar-refractivity contribution in [1.82, 2.24) is 15.3 Å². The maximum absolute atomic E-state index is 13.6. The highest BCUT2D eigenvalue weighted by Gasteiger charge is 2.35. The minimum absolute atomic E-state index is 0.0883. The van der Waals surface area contributed by atoms with Gasteiger partial charge in [-0.3, -0.25) is 19.5 Å². The van der Waals surface area contributed by atoms with E-state index < -0.39 is 17.8 Å². The molecule has 2 amide bonds. The predicted molar refractivity (Wildman–Crippen MR) is 117 cm³/mol. The van der Waals surface area contributed by atoms with Crippen LogP contribution in [0.4, 0.5) is 10.1 Å². The van der Waals surface area contributed by atoms with Crippen molar-refractivity contribution in [3.63, 3.8) is 0 Å². The van der Waals surface area contributed by atoms with E-state index in [2.05, 4.69) is 15.3 Å². The van der Waals surface area contributed by atoms with Gasteiger partial charge in [0.1, 0.15) is 11.5 Å². The van der Waals surface area contributed by atoms with Crippen LogP contribution in [0.3, 0.4) is 0 Å². The van der Waals surface area contributed by atoms with Crippen LogP contribution in [-0.2, 0) is 4.79 Å². The van der Waals surface area contributed by atoms with Crippen LogP contribution < -0.4 is 10.2 Å². The van der Waals surface area contributed by atoms with Gasteiger partial charge in [-0.25, -0.2) is 9.37 Å². The molecular weight excluding hydrogens is 415 g/mol. The maximum atomic E-state index is 13.6. The molecule has 1 aromatic carbocycles. The highest BCUT2D eigenvalue weighted by Crippen LogP contribution is 2.32. The van der Waals surface area contributed by atoms with Crippen molar-refractivity contribution in [2.24, 2.45) is 0 Å². The zero-order chi connectivity index (χ0) is 21.6. The van der Waals surface area contributed by atoms with E-state index >= 15 is 0 Å². The maximum Gasteiger partial charge on any atom is 0.279 e. The van der Waals surface area contributed by atoms with Crippen LogP contribution in [0.2, 0.25) is 0 Å². The van der Waals surface area contributed by atoms with Crippen molar-refractivity contribution < 1.29 is 14.0 Å². The van der Waals surface area contributed by atoms with E-state index in [0.717, 1.165) is 30.6 Å². The molecule has 2 heterocycles. The molecule has 0 saturated heterocycles. The quantitative estimate of drug-likeness (QED) is 0.614. The molecule has 0 radical (unpaired) electrons. The Morgan fingerprint density at radius 1 is 1.10 bits per heavy atom. The number of anilines is 1. The summed E-state index contributed by atoms with van der Waals surface area (Å²) in [5.74, 6) is -1.15. The van der Waals surface area contributed by atoms with Gasteiger partial charge in [-0.05, 0) is 48.6 Å². The van der Waals surface area contributed by atoms with Crippen LogP contribution in [0.5, 0.6) is 0 Å². The van der Waals surface area contributed by atoms with Gasteiger partial charge >= 0.3 is 0 Å². The van der Waals surface area contributed by atoms with Crippen molar-refractivity contribution >= 4 is 28.8 Å². The summed E-state index contributed by atoms with van der Waals surface area (Å²) in [5.41, 5.74) is 0.521. The second kappa shape index (κ2) is 9.78. The molecule has 31 heavy (non-hydrogen) atoms. The Bertz CT molecular complexity index is 1010. The van der Waals surface area contributed by atoms with E-state index in [9.17, 15) is 14.0 Å². The number of thiophene rings is 1. The molecule has 6 nitrogen and oxygen atoms in total. The summed E-state index contributed by atoms with van der Waals surface area (Å²) < 4.78 is 13.6. The number of halogens is 1. The lowest BCUT2D eigenvalue weighted by atomic mass is 9.95. The van der Waals surface area contributed by atoms with Gasteiger partial charge in [0.05, 0.1) is 6.20 Å². The first kappa shape index (κ1) is 21.1. The Morgan fingerprint density at radius 2 is 1.87 bits per heavy atom. The fourth-order valence-corrected chi connectivity index (χ4v) is 4.68. The zero-order valence-electron chi connectivity index (χ0n) is 16.9. The molecule has 4 rings (SSSR count). The summed E-state index contributed by atoms with van der Waals surface area (Å²) in [4.78, 5) is 37.3. The van der Waals surface area contributed by atoms with Gasteiger partial charge in [0.25, 0.3) is 5.91 Å². The Kier molecular flexibility index (Phi) is 6.66. The fraction of sp³-hybridized carbons (Fsp3) is 0.304. The molecule has 2 aromatic heterocycles. The molecule has 1 aliphatic rings. The first-order chi connectivity index (χ1) is 15.1. The van der Waals surface area contributed by atoms with Gasteiger partial charge in [-0.15, -0.1) is 11.3 Å². The minimum atomic E-state index is -0.901. The van der Waals surface area contributed by atoms with Crippen molar-refractivity contribution in [1.29, 1.82) is 0 Å². The number of amides is 2. The first-order valence-electron chi connectivity index (χ1n) is 10.3. The van der Waals surface area contributed by atoms with Gasteiger partial charge in [-0.1, -0.05) is 25.3 Å². The van der Waals surface area contributed by atoms with E-state index in [1.54, 1.807) is 0 Å². The van der Waals surface area contributed by atoms with Crippen molar-refractivity contribution in [2.75, 3.05) is 4.90 Å². The summed E-state index contributed by atoms with van der Waals surface area (Å²) in [6.07, 6.45) is 9.46. The number of aromatic nitrogens is 2. The summed E-state index contributed by atoms with van der Waals surface area (Å²) in [5, 5.41) is 5.01. The molecular formula is C23H23FN4O2S. The SMILES string of the molecule is O=C(NC1CCCCC1)C(c1cccs1)N(C(=O)c1cnccn1)c1ccc(F)cc1. The van der Waals surface area contributed by atoms with Crippen LogP contribution in [0.15, 0.2) is 60.4 Å². The Balaban J connectivity index is 1.74. The topological polar surface area (TPSA) is 75.2 Å². The summed E-state index contributed by atoms with van der Waals surface area (Å²) in [6, 6.07) is 8.41. The van der Waals surface area contributed by atoms with E-state index in [1.165, 1.54) is 65.5 Å². The molecule has 1 fully saturated rings. The lowest BCUT2D eigenvalue weighted by Crippen LogP contribution is -2.47. The number of nitrogens with zero attached hydrogens (tertiary/aromatic N) is 3. The van der Waals surface area contributed by atoms with E-state index in [1.807, 2.05) is 17.5 Å². The highest BCUT2D eigenvalue weighted by molar-refractivity contribution is 7.10. The van der Waals surface area contributed by atoms with Crippen molar-refractivity contribution in [3.05, 3.63) is 76.8 Å². The minimum Gasteiger partial charge on any atom is -0.351 e. The largest absolute Gasteiger partial charge is 0.351 e. The van der Waals surface area contributed by atoms with Crippen molar-refractivity contribution in [3.8, 4) is 0 Å². The standard InChI is InChI=1S/C23H23FN4O2S/c24-16-8-10-18(11-9-16)28(23(30)19-15-25-12-13-26-19)21(20-7-4-14-31-20)22(29)27-17-5-2-1-3-6-17/h4,7-15,17,21H,1-3,5-6H2,(H,27,29).